The number of nitrogens with zero attached hydrogens (tertiary/aromatic N) is 3. The predicted molar refractivity (Wildman–Crippen MR) is 86.1 cm³/mol. The van der Waals surface area contributed by atoms with Crippen molar-refractivity contribution in [1.29, 1.82) is 0 Å². The highest BCUT2D eigenvalue weighted by Gasteiger charge is 2.40. The topological polar surface area (TPSA) is 33.1 Å². The Bertz CT molecular complexity index is 495. The normalized spacial score (nSPS) is 28.0. The summed E-state index contributed by atoms with van der Waals surface area (Å²) in [6.45, 7) is 12.5. The van der Waals surface area contributed by atoms with Crippen molar-refractivity contribution >= 4 is 0 Å². The summed E-state index contributed by atoms with van der Waals surface area (Å²) in [5, 5.41) is 8.31. The molecule has 1 saturated carbocycles. The van der Waals surface area contributed by atoms with Gasteiger partial charge in [0.1, 0.15) is 0 Å². The Balaban J connectivity index is 1.77. The van der Waals surface area contributed by atoms with Crippen molar-refractivity contribution in [2.45, 2.75) is 59.2 Å². The molecule has 2 aliphatic rings. The number of aromatic nitrogens is 2. The Hall–Kier alpha value is -0.870. The third kappa shape index (κ3) is 3.32. The molecule has 1 aliphatic carbocycles. The fourth-order valence-corrected chi connectivity index (χ4v) is 3.70. The minimum Gasteiger partial charge on any atom is -0.311 e. The summed E-state index contributed by atoms with van der Waals surface area (Å²) in [6, 6.07) is 3.51. The quantitative estimate of drug-likeness (QED) is 0.927. The molecule has 2 unspecified atom stereocenters. The van der Waals surface area contributed by atoms with Crippen molar-refractivity contribution in [3.63, 3.8) is 0 Å². The molecule has 118 valence electrons. The van der Waals surface area contributed by atoms with Crippen molar-refractivity contribution < 1.29 is 0 Å². The molecule has 4 heteroatoms. The van der Waals surface area contributed by atoms with Gasteiger partial charge in [-0.15, -0.1) is 0 Å². The van der Waals surface area contributed by atoms with Gasteiger partial charge in [0.05, 0.1) is 11.4 Å². The number of rotatable bonds is 3. The van der Waals surface area contributed by atoms with Crippen molar-refractivity contribution in [2.75, 3.05) is 13.1 Å². The molecular formula is C17H30N4. The van der Waals surface area contributed by atoms with Crippen LogP contribution in [-0.2, 0) is 13.6 Å². The molecule has 21 heavy (non-hydrogen) atoms. The van der Waals surface area contributed by atoms with Gasteiger partial charge >= 0.3 is 0 Å². The van der Waals surface area contributed by atoms with Crippen LogP contribution in [0.25, 0.3) is 0 Å². The van der Waals surface area contributed by atoms with E-state index in [1.807, 2.05) is 4.68 Å². The fraction of sp³-hybridized carbons (Fsp3) is 0.824. The van der Waals surface area contributed by atoms with Crippen LogP contribution in [0.2, 0.25) is 0 Å². The highest BCUT2D eigenvalue weighted by atomic mass is 15.3. The lowest BCUT2D eigenvalue weighted by atomic mass is 9.83. The summed E-state index contributed by atoms with van der Waals surface area (Å²) in [5.74, 6) is 0.918. The van der Waals surface area contributed by atoms with Gasteiger partial charge in [0.2, 0.25) is 0 Å². The molecule has 0 radical (unpaired) electrons. The lowest BCUT2D eigenvalue weighted by molar-refractivity contribution is 0.0431. The van der Waals surface area contributed by atoms with E-state index >= 15 is 0 Å². The summed E-state index contributed by atoms with van der Waals surface area (Å²) < 4.78 is 2.04. The van der Waals surface area contributed by atoms with Crippen LogP contribution in [0.15, 0.2) is 6.07 Å². The largest absolute Gasteiger partial charge is 0.311 e. The molecule has 1 saturated heterocycles. The summed E-state index contributed by atoms with van der Waals surface area (Å²) in [7, 11) is 2.06. The summed E-state index contributed by atoms with van der Waals surface area (Å²) >= 11 is 0. The van der Waals surface area contributed by atoms with Gasteiger partial charge in [-0.05, 0) is 37.2 Å². The third-order valence-corrected chi connectivity index (χ3v) is 5.10. The maximum absolute atomic E-state index is 4.50. The number of piperazine rings is 1. The standard InChI is InChI=1S/C17H30N4/c1-12-8-14(20(5)19-12)10-21-11-15(13-6-7-13)18-9-16(21)17(2,3)4/h8,13,15-16,18H,6-7,9-11H2,1-5H3. The van der Waals surface area contributed by atoms with Crippen LogP contribution in [0.4, 0.5) is 0 Å². The van der Waals surface area contributed by atoms with E-state index in [1.165, 1.54) is 25.1 Å². The molecular weight excluding hydrogens is 260 g/mol. The van der Waals surface area contributed by atoms with Crippen molar-refractivity contribution in [1.82, 2.24) is 20.0 Å². The molecule has 2 heterocycles. The lowest BCUT2D eigenvalue weighted by Gasteiger charge is -2.46. The monoisotopic (exact) mass is 290 g/mol. The number of aryl methyl sites for hydroxylation is 2. The first-order valence-corrected chi connectivity index (χ1v) is 8.31. The Morgan fingerprint density at radius 2 is 2.05 bits per heavy atom. The van der Waals surface area contributed by atoms with E-state index in [1.54, 1.807) is 0 Å². The smallest absolute Gasteiger partial charge is 0.0597 e. The molecule has 0 amide bonds. The van der Waals surface area contributed by atoms with E-state index < -0.39 is 0 Å². The van der Waals surface area contributed by atoms with Crippen LogP contribution in [0, 0.1) is 18.3 Å². The minimum absolute atomic E-state index is 0.301. The number of hydrogen-bond acceptors (Lipinski definition) is 3. The van der Waals surface area contributed by atoms with Crippen molar-refractivity contribution in [3.05, 3.63) is 17.5 Å². The molecule has 1 aromatic rings. The second-order valence-electron chi connectivity index (χ2n) is 8.06. The maximum Gasteiger partial charge on any atom is 0.0597 e. The van der Waals surface area contributed by atoms with Crippen LogP contribution < -0.4 is 5.32 Å². The Morgan fingerprint density at radius 3 is 2.57 bits per heavy atom. The van der Waals surface area contributed by atoms with Crippen LogP contribution in [0.5, 0.6) is 0 Å². The first-order valence-electron chi connectivity index (χ1n) is 8.31. The highest BCUT2D eigenvalue weighted by Crippen LogP contribution is 2.36. The van der Waals surface area contributed by atoms with Gasteiger partial charge in [-0.25, -0.2) is 0 Å². The molecule has 0 aromatic carbocycles. The molecule has 4 nitrogen and oxygen atoms in total. The minimum atomic E-state index is 0.301. The molecule has 0 bridgehead atoms. The van der Waals surface area contributed by atoms with Gasteiger partial charge in [0.25, 0.3) is 0 Å². The van der Waals surface area contributed by atoms with E-state index in [4.69, 9.17) is 0 Å². The Morgan fingerprint density at radius 1 is 1.33 bits per heavy atom. The first-order chi connectivity index (χ1) is 9.84. The SMILES string of the molecule is Cc1cc(CN2CC(C3CC3)NCC2C(C)(C)C)n(C)n1. The van der Waals surface area contributed by atoms with Gasteiger partial charge in [-0.1, -0.05) is 20.8 Å². The van der Waals surface area contributed by atoms with E-state index in [0.29, 0.717) is 17.5 Å². The average molecular weight is 290 g/mol. The lowest BCUT2D eigenvalue weighted by Crippen LogP contribution is -2.60. The summed E-state index contributed by atoms with van der Waals surface area (Å²) in [4.78, 5) is 2.69. The zero-order chi connectivity index (χ0) is 15.2. The van der Waals surface area contributed by atoms with Gasteiger partial charge in [-0.2, -0.15) is 5.10 Å². The van der Waals surface area contributed by atoms with E-state index in [2.05, 4.69) is 56.1 Å². The molecule has 1 N–H and O–H groups in total. The van der Waals surface area contributed by atoms with Crippen molar-refractivity contribution in [3.8, 4) is 0 Å². The molecule has 2 fully saturated rings. The summed E-state index contributed by atoms with van der Waals surface area (Å²) in [5.41, 5.74) is 2.75. The van der Waals surface area contributed by atoms with Crippen molar-refractivity contribution in [2.24, 2.45) is 18.4 Å². The zero-order valence-corrected chi connectivity index (χ0v) is 14.2. The number of nitrogens with one attached hydrogen (secondary N) is 1. The maximum atomic E-state index is 4.50. The molecule has 0 spiro atoms. The number of hydrogen-bond donors (Lipinski definition) is 1. The van der Waals surface area contributed by atoms with Gasteiger partial charge in [-0.3, -0.25) is 9.58 Å². The zero-order valence-electron chi connectivity index (χ0n) is 14.2. The molecule has 2 atom stereocenters. The first kappa shape index (κ1) is 15.0. The second-order valence-corrected chi connectivity index (χ2v) is 8.06. The molecule has 1 aromatic heterocycles. The fourth-order valence-electron chi connectivity index (χ4n) is 3.70. The van der Waals surface area contributed by atoms with Crippen LogP contribution in [0.1, 0.15) is 45.0 Å². The van der Waals surface area contributed by atoms with Crippen LogP contribution in [0.3, 0.4) is 0 Å². The highest BCUT2D eigenvalue weighted by molar-refractivity contribution is 5.10. The van der Waals surface area contributed by atoms with Gasteiger partial charge in [0.15, 0.2) is 0 Å². The molecule has 1 aliphatic heterocycles. The van der Waals surface area contributed by atoms with E-state index in [-0.39, 0.29) is 0 Å². The second kappa shape index (κ2) is 5.40. The van der Waals surface area contributed by atoms with Gasteiger partial charge < -0.3 is 5.32 Å². The van der Waals surface area contributed by atoms with Crippen LogP contribution >= 0.6 is 0 Å². The summed E-state index contributed by atoms with van der Waals surface area (Å²) in [6.07, 6.45) is 2.83. The third-order valence-electron chi connectivity index (χ3n) is 5.10. The van der Waals surface area contributed by atoms with Gasteiger partial charge in [0, 0.05) is 38.8 Å². The Labute approximate surface area is 128 Å². The van der Waals surface area contributed by atoms with Crippen LogP contribution in [-0.4, -0.2) is 39.9 Å². The predicted octanol–water partition coefficient (Wildman–Crippen LogP) is 2.33. The Kier molecular flexibility index (Phi) is 3.87. The average Bonchev–Trinajstić information content (AvgIpc) is 3.16. The molecule has 3 rings (SSSR count). The van der Waals surface area contributed by atoms with E-state index in [9.17, 15) is 0 Å². The van der Waals surface area contributed by atoms with E-state index in [0.717, 1.165) is 24.7 Å².